The van der Waals surface area contributed by atoms with Gasteiger partial charge in [0.05, 0.1) is 10.0 Å². The third kappa shape index (κ3) is 1.62. The maximum Gasteiger partial charge on any atom is 0.0641 e. The van der Waals surface area contributed by atoms with Gasteiger partial charge in [-0.2, -0.15) is 0 Å². The number of hydrogen-bond acceptors (Lipinski definition) is 2. The van der Waals surface area contributed by atoms with E-state index in [4.69, 9.17) is 28.9 Å². The van der Waals surface area contributed by atoms with Crippen LogP contribution >= 0.6 is 23.2 Å². The van der Waals surface area contributed by atoms with Crippen molar-refractivity contribution in [3.8, 4) is 0 Å². The molecule has 1 aliphatic rings. The second kappa shape index (κ2) is 3.69. The van der Waals surface area contributed by atoms with Gasteiger partial charge in [0.2, 0.25) is 0 Å². The van der Waals surface area contributed by atoms with Crippen LogP contribution in [0.1, 0.15) is 24.8 Å². The van der Waals surface area contributed by atoms with Crippen LogP contribution in [-0.4, -0.2) is 11.5 Å². The van der Waals surface area contributed by atoms with Gasteiger partial charge in [0, 0.05) is 12.4 Å². The Kier molecular flexibility index (Phi) is 2.69. The summed E-state index contributed by atoms with van der Waals surface area (Å²) in [5.41, 5.74) is 6.78. The fourth-order valence-corrected chi connectivity index (χ4v) is 2.74. The lowest BCUT2D eigenvalue weighted by Crippen LogP contribution is -2.14. The summed E-state index contributed by atoms with van der Waals surface area (Å²) in [6.45, 7) is 0.676. The summed E-state index contributed by atoms with van der Waals surface area (Å²) in [5.74, 6) is 0. The van der Waals surface area contributed by atoms with Gasteiger partial charge in [0.1, 0.15) is 0 Å². The number of halogens is 2. The van der Waals surface area contributed by atoms with Crippen LogP contribution in [0.2, 0.25) is 10.0 Å². The first-order valence-electron chi connectivity index (χ1n) is 4.69. The van der Waals surface area contributed by atoms with E-state index >= 15 is 0 Å². The molecule has 1 aromatic heterocycles. The van der Waals surface area contributed by atoms with Gasteiger partial charge < -0.3 is 5.73 Å². The summed E-state index contributed by atoms with van der Waals surface area (Å²) in [6.07, 6.45) is 6.52. The van der Waals surface area contributed by atoms with E-state index in [9.17, 15) is 0 Å². The van der Waals surface area contributed by atoms with Crippen LogP contribution in [0.3, 0.4) is 0 Å². The molecule has 0 atom stereocenters. The van der Waals surface area contributed by atoms with E-state index in [2.05, 4.69) is 4.98 Å². The summed E-state index contributed by atoms with van der Waals surface area (Å²) in [4.78, 5) is 3.95. The van der Waals surface area contributed by atoms with E-state index in [0.717, 1.165) is 24.8 Å². The highest BCUT2D eigenvalue weighted by Gasteiger charge is 2.45. The minimum absolute atomic E-state index is 0.145. The molecule has 2 nitrogen and oxygen atoms in total. The SMILES string of the molecule is NCCC1(c2c(Cl)cncc2Cl)CC1. The van der Waals surface area contributed by atoms with Crippen LogP contribution in [0, 0.1) is 0 Å². The summed E-state index contributed by atoms with van der Waals surface area (Å²) < 4.78 is 0. The monoisotopic (exact) mass is 230 g/mol. The number of hydrogen-bond donors (Lipinski definition) is 1. The molecule has 4 heteroatoms. The minimum atomic E-state index is 0.145. The van der Waals surface area contributed by atoms with Gasteiger partial charge in [0.25, 0.3) is 0 Å². The zero-order valence-electron chi connectivity index (χ0n) is 7.76. The Morgan fingerprint density at radius 1 is 1.29 bits per heavy atom. The molecule has 0 unspecified atom stereocenters. The Bertz CT molecular complexity index is 328. The standard InChI is InChI=1S/C10H12Cl2N2/c11-7-5-14-6-8(12)9(7)10(1-2-10)3-4-13/h5-6H,1-4,13H2. The average Bonchev–Trinajstić information content (AvgIpc) is 2.86. The van der Waals surface area contributed by atoms with E-state index < -0.39 is 0 Å². The fraction of sp³-hybridized carbons (Fsp3) is 0.500. The smallest absolute Gasteiger partial charge is 0.0641 e. The van der Waals surface area contributed by atoms with Gasteiger partial charge in [-0.05, 0) is 36.8 Å². The highest BCUT2D eigenvalue weighted by Crippen LogP contribution is 2.54. The van der Waals surface area contributed by atoms with Crippen LogP contribution in [0.25, 0.3) is 0 Å². The molecule has 0 spiro atoms. The summed E-state index contributed by atoms with van der Waals surface area (Å²) in [7, 11) is 0. The molecule has 0 aromatic carbocycles. The zero-order valence-corrected chi connectivity index (χ0v) is 9.28. The zero-order chi connectivity index (χ0) is 10.2. The first kappa shape index (κ1) is 10.2. The Hall–Kier alpha value is -0.310. The number of nitrogens with zero attached hydrogens (tertiary/aromatic N) is 1. The molecule has 0 saturated heterocycles. The molecule has 2 N–H and O–H groups in total. The number of aromatic nitrogens is 1. The van der Waals surface area contributed by atoms with Gasteiger partial charge in [-0.1, -0.05) is 23.2 Å². The van der Waals surface area contributed by atoms with Crippen molar-refractivity contribution in [1.82, 2.24) is 4.98 Å². The fourth-order valence-electron chi connectivity index (χ4n) is 1.97. The maximum atomic E-state index is 6.10. The van der Waals surface area contributed by atoms with E-state index in [1.54, 1.807) is 12.4 Å². The van der Waals surface area contributed by atoms with Crippen molar-refractivity contribution in [2.75, 3.05) is 6.54 Å². The molecule has 1 aliphatic carbocycles. The Morgan fingerprint density at radius 3 is 2.29 bits per heavy atom. The third-order valence-corrected chi connectivity index (χ3v) is 3.43. The van der Waals surface area contributed by atoms with Gasteiger partial charge in [-0.15, -0.1) is 0 Å². The summed E-state index contributed by atoms with van der Waals surface area (Å²) >= 11 is 12.2. The molecule has 2 rings (SSSR count). The van der Waals surface area contributed by atoms with Crippen molar-refractivity contribution in [3.05, 3.63) is 28.0 Å². The molecular formula is C10H12Cl2N2. The van der Waals surface area contributed by atoms with Crippen LogP contribution in [0.5, 0.6) is 0 Å². The number of pyridine rings is 1. The van der Waals surface area contributed by atoms with Gasteiger partial charge in [-0.25, -0.2) is 0 Å². The second-order valence-electron chi connectivity index (χ2n) is 3.80. The molecule has 76 valence electrons. The number of nitrogens with two attached hydrogens (primary N) is 1. The Balaban J connectivity index is 2.40. The molecule has 1 saturated carbocycles. The highest BCUT2D eigenvalue weighted by molar-refractivity contribution is 6.36. The largest absolute Gasteiger partial charge is 0.330 e. The molecular weight excluding hydrogens is 219 g/mol. The summed E-state index contributed by atoms with van der Waals surface area (Å²) in [6, 6.07) is 0. The molecule has 14 heavy (non-hydrogen) atoms. The first-order valence-corrected chi connectivity index (χ1v) is 5.45. The lowest BCUT2D eigenvalue weighted by Gasteiger charge is -2.17. The molecule has 0 amide bonds. The summed E-state index contributed by atoms with van der Waals surface area (Å²) in [5, 5.41) is 1.34. The van der Waals surface area contributed by atoms with Gasteiger partial charge >= 0.3 is 0 Å². The molecule has 0 radical (unpaired) electrons. The number of rotatable bonds is 3. The van der Waals surface area contributed by atoms with E-state index in [1.165, 1.54) is 0 Å². The van der Waals surface area contributed by atoms with Crippen molar-refractivity contribution in [3.63, 3.8) is 0 Å². The average molecular weight is 231 g/mol. The van der Waals surface area contributed by atoms with E-state index in [1.807, 2.05) is 0 Å². The quantitative estimate of drug-likeness (QED) is 0.868. The van der Waals surface area contributed by atoms with E-state index in [-0.39, 0.29) is 5.41 Å². The van der Waals surface area contributed by atoms with Crippen molar-refractivity contribution < 1.29 is 0 Å². The first-order chi connectivity index (χ1) is 6.69. The van der Waals surface area contributed by atoms with Gasteiger partial charge in [-0.3, -0.25) is 4.98 Å². The lowest BCUT2D eigenvalue weighted by molar-refractivity contribution is 0.628. The van der Waals surface area contributed by atoms with Crippen molar-refractivity contribution in [2.45, 2.75) is 24.7 Å². The van der Waals surface area contributed by atoms with Crippen LogP contribution < -0.4 is 5.73 Å². The van der Waals surface area contributed by atoms with Gasteiger partial charge in [0.15, 0.2) is 0 Å². The topological polar surface area (TPSA) is 38.9 Å². The maximum absolute atomic E-state index is 6.10. The predicted octanol–water partition coefficient (Wildman–Crippen LogP) is 2.77. The van der Waals surface area contributed by atoms with Crippen LogP contribution in [0.15, 0.2) is 12.4 Å². The third-order valence-electron chi connectivity index (χ3n) is 2.86. The van der Waals surface area contributed by atoms with E-state index in [0.29, 0.717) is 16.6 Å². The van der Waals surface area contributed by atoms with Crippen molar-refractivity contribution in [1.29, 1.82) is 0 Å². The predicted molar refractivity (Wildman–Crippen MR) is 58.8 cm³/mol. The molecule has 0 bridgehead atoms. The second-order valence-corrected chi connectivity index (χ2v) is 4.61. The molecule has 0 aliphatic heterocycles. The Labute approximate surface area is 93.4 Å². The molecule has 1 fully saturated rings. The Morgan fingerprint density at radius 2 is 1.86 bits per heavy atom. The van der Waals surface area contributed by atoms with Crippen LogP contribution in [-0.2, 0) is 5.41 Å². The van der Waals surface area contributed by atoms with Crippen molar-refractivity contribution in [2.24, 2.45) is 5.73 Å². The van der Waals surface area contributed by atoms with Crippen LogP contribution in [0.4, 0.5) is 0 Å². The molecule has 1 aromatic rings. The highest BCUT2D eigenvalue weighted by atomic mass is 35.5. The van der Waals surface area contributed by atoms with Crippen molar-refractivity contribution >= 4 is 23.2 Å². The molecule has 1 heterocycles. The minimum Gasteiger partial charge on any atom is -0.330 e. The normalized spacial score (nSPS) is 18.2. The lowest BCUT2D eigenvalue weighted by atomic mass is 9.93.